The number of amides is 2. The Bertz CT molecular complexity index is 1360. The second-order valence-electron chi connectivity index (χ2n) is 7.35. The van der Waals surface area contributed by atoms with Crippen LogP contribution in [0.25, 0.3) is 6.08 Å². The van der Waals surface area contributed by atoms with Crippen molar-refractivity contribution in [2.24, 2.45) is 0 Å². The molecule has 180 valence electrons. The molecule has 4 nitrogen and oxygen atoms in total. The predicted molar refractivity (Wildman–Crippen MR) is 140 cm³/mol. The van der Waals surface area contributed by atoms with Gasteiger partial charge >= 0.3 is 0 Å². The normalized spacial score (nSPS) is 14.8. The van der Waals surface area contributed by atoms with Gasteiger partial charge in [0.05, 0.1) is 31.5 Å². The van der Waals surface area contributed by atoms with E-state index < -0.39 is 17.0 Å². The van der Waals surface area contributed by atoms with Crippen LogP contribution in [0.5, 0.6) is 5.75 Å². The van der Waals surface area contributed by atoms with Gasteiger partial charge in [0, 0.05) is 5.02 Å². The standard InChI is InChI=1S/C24H13Cl5FNO3S/c25-16-4-1-12(5-18(16)27)11-34-22-19(28)6-13(7-20(22)29)8-21-23(32)31(24(33)35-21)10-14-2-3-15(30)9-17(14)26/h1-9H,10-11H2/b21-8-. The summed E-state index contributed by atoms with van der Waals surface area (Å²) in [6.07, 6.45) is 1.51. The quantitative estimate of drug-likeness (QED) is 0.269. The molecule has 11 heteroatoms. The fraction of sp³-hybridized carbons (Fsp3) is 0.0833. The molecule has 35 heavy (non-hydrogen) atoms. The average molecular weight is 592 g/mol. The van der Waals surface area contributed by atoms with E-state index in [4.69, 9.17) is 62.7 Å². The molecule has 0 aromatic heterocycles. The van der Waals surface area contributed by atoms with Crippen LogP contribution < -0.4 is 4.74 Å². The van der Waals surface area contributed by atoms with Crippen molar-refractivity contribution >= 4 is 87.0 Å². The van der Waals surface area contributed by atoms with Crippen LogP contribution in [0.4, 0.5) is 9.18 Å². The van der Waals surface area contributed by atoms with Crippen LogP contribution in [0.3, 0.4) is 0 Å². The van der Waals surface area contributed by atoms with E-state index >= 15 is 0 Å². The fourth-order valence-electron chi connectivity index (χ4n) is 3.19. The van der Waals surface area contributed by atoms with Gasteiger partial charge in [-0.1, -0.05) is 70.1 Å². The number of hydrogen-bond donors (Lipinski definition) is 0. The molecule has 1 saturated heterocycles. The van der Waals surface area contributed by atoms with Crippen LogP contribution in [0, 0.1) is 5.82 Å². The average Bonchev–Trinajstić information content (AvgIpc) is 3.04. The second-order valence-corrected chi connectivity index (χ2v) is 10.4. The highest BCUT2D eigenvalue weighted by Gasteiger charge is 2.35. The molecule has 0 atom stereocenters. The molecule has 3 aromatic carbocycles. The topological polar surface area (TPSA) is 46.6 Å². The lowest BCUT2D eigenvalue weighted by Crippen LogP contribution is -2.27. The van der Waals surface area contributed by atoms with E-state index in [2.05, 4.69) is 0 Å². The Hall–Kier alpha value is -1.93. The first-order valence-electron chi connectivity index (χ1n) is 9.87. The summed E-state index contributed by atoms with van der Waals surface area (Å²) in [4.78, 5) is 26.5. The Morgan fingerprint density at radius 2 is 1.57 bits per heavy atom. The Kier molecular flexibility index (Phi) is 8.21. The second kappa shape index (κ2) is 11.0. The van der Waals surface area contributed by atoms with Crippen molar-refractivity contribution < 1.29 is 18.7 Å². The third kappa shape index (κ3) is 6.08. The monoisotopic (exact) mass is 589 g/mol. The first-order valence-corrected chi connectivity index (χ1v) is 12.6. The van der Waals surface area contributed by atoms with Crippen LogP contribution in [-0.4, -0.2) is 16.0 Å². The minimum Gasteiger partial charge on any atom is -0.486 e. The van der Waals surface area contributed by atoms with Gasteiger partial charge in [-0.25, -0.2) is 4.39 Å². The molecule has 0 radical (unpaired) electrons. The summed E-state index contributed by atoms with van der Waals surface area (Å²) >= 11 is 31.5. The molecule has 4 rings (SSSR count). The maximum atomic E-state index is 13.3. The summed E-state index contributed by atoms with van der Waals surface area (Å²) in [6.45, 7) is 0.0740. The maximum absolute atomic E-state index is 13.3. The minimum atomic E-state index is -0.508. The lowest BCUT2D eigenvalue weighted by atomic mass is 10.2. The van der Waals surface area contributed by atoms with Gasteiger partial charge in [0.25, 0.3) is 11.1 Å². The number of nitrogens with zero attached hydrogens (tertiary/aromatic N) is 1. The van der Waals surface area contributed by atoms with Crippen molar-refractivity contribution in [2.75, 3.05) is 0 Å². The number of hydrogen-bond acceptors (Lipinski definition) is 4. The first kappa shape index (κ1) is 26.1. The highest BCUT2D eigenvalue weighted by atomic mass is 35.5. The third-order valence-electron chi connectivity index (χ3n) is 4.90. The zero-order valence-corrected chi connectivity index (χ0v) is 22.1. The maximum Gasteiger partial charge on any atom is 0.293 e. The van der Waals surface area contributed by atoms with Crippen LogP contribution in [0.1, 0.15) is 16.7 Å². The van der Waals surface area contributed by atoms with Gasteiger partial charge < -0.3 is 4.74 Å². The van der Waals surface area contributed by atoms with Crippen molar-refractivity contribution in [3.8, 4) is 5.75 Å². The molecule has 2 amide bonds. The Morgan fingerprint density at radius 1 is 0.857 bits per heavy atom. The lowest BCUT2D eigenvalue weighted by molar-refractivity contribution is -0.123. The predicted octanol–water partition coefficient (Wildman–Crippen LogP) is 8.91. The molecule has 0 aliphatic carbocycles. The summed E-state index contributed by atoms with van der Waals surface area (Å²) in [6, 6.07) is 12.0. The molecular formula is C24H13Cl5FNO3S. The number of carbonyl (C=O) groups is 2. The Labute approximate surface area is 229 Å². The van der Waals surface area contributed by atoms with Crippen molar-refractivity contribution in [2.45, 2.75) is 13.2 Å². The van der Waals surface area contributed by atoms with E-state index in [0.29, 0.717) is 21.2 Å². The summed E-state index contributed by atoms with van der Waals surface area (Å²) < 4.78 is 19.0. The zero-order chi connectivity index (χ0) is 25.3. The molecule has 0 N–H and O–H groups in total. The van der Waals surface area contributed by atoms with E-state index in [1.165, 1.54) is 18.2 Å². The van der Waals surface area contributed by atoms with Gasteiger partial charge in [0.15, 0.2) is 5.75 Å². The fourth-order valence-corrected chi connectivity index (χ4v) is 5.19. The molecular weight excluding hydrogens is 579 g/mol. The zero-order valence-electron chi connectivity index (χ0n) is 17.5. The van der Waals surface area contributed by atoms with E-state index in [0.717, 1.165) is 28.3 Å². The molecule has 0 bridgehead atoms. The number of benzene rings is 3. The number of carbonyl (C=O) groups excluding carboxylic acids is 2. The van der Waals surface area contributed by atoms with E-state index in [1.807, 2.05) is 0 Å². The van der Waals surface area contributed by atoms with E-state index in [-0.39, 0.29) is 38.9 Å². The van der Waals surface area contributed by atoms with Gasteiger partial charge in [-0.3, -0.25) is 14.5 Å². The largest absolute Gasteiger partial charge is 0.486 e. The Balaban J connectivity index is 1.50. The molecule has 0 unspecified atom stereocenters. The Morgan fingerprint density at radius 3 is 2.23 bits per heavy atom. The van der Waals surface area contributed by atoms with Gasteiger partial charge in [-0.2, -0.15) is 0 Å². The summed E-state index contributed by atoms with van der Waals surface area (Å²) in [7, 11) is 0. The van der Waals surface area contributed by atoms with Crippen molar-refractivity contribution in [1.82, 2.24) is 4.90 Å². The molecule has 0 saturated carbocycles. The molecule has 0 spiro atoms. The number of halogens is 6. The highest BCUT2D eigenvalue weighted by molar-refractivity contribution is 8.18. The molecule has 1 heterocycles. The smallest absolute Gasteiger partial charge is 0.293 e. The van der Waals surface area contributed by atoms with E-state index in [9.17, 15) is 14.0 Å². The van der Waals surface area contributed by atoms with Crippen molar-refractivity contribution in [3.05, 3.63) is 101 Å². The highest BCUT2D eigenvalue weighted by Crippen LogP contribution is 2.38. The SMILES string of the molecule is O=C1S/C(=C\c2cc(Cl)c(OCc3ccc(Cl)c(Cl)c3)c(Cl)c2)C(=O)N1Cc1ccc(F)cc1Cl. The van der Waals surface area contributed by atoms with Crippen molar-refractivity contribution in [3.63, 3.8) is 0 Å². The van der Waals surface area contributed by atoms with Crippen LogP contribution in [0.15, 0.2) is 53.4 Å². The molecule has 1 fully saturated rings. The molecule has 1 aliphatic rings. The number of rotatable bonds is 6. The van der Waals surface area contributed by atoms with Crippen molar-refractivity contribution in [1.29, 1.82) is 0 Å². The van der Waals surface area contributed by atoms with Gasteiger partial charge in [-0.05, 0) is 70.9 Å². The summed E-state index contributed by atoms with van der Waals surface area (Å²) in [5, 5.41) is 0.933. The number of ether oxygens (including phenoxy) is 1. The molecule has 1 aliphatic heterocycles. The van der Waals surface area contributed by atoms with Gasteiger partial charge in [0.2, 0.25) is 0 Å². The van der Waals surface area contributed by atoms with E-state index in [1.54, 1.807) is 30.3 Å². The van der Waals surface area contributed by atoms with Crippen LogP contribution in [-0.2, 0) is 17.9 Å². The van der Waals surface area contributed by atoms with Crippen LogP contribution >= 0.6 is 69.8 Å². The lowest BCUT2D eigenvalue weighted by Gasteiger charge is -2.13. The first-order chi connectivity index (χ1) is 16.6. The number of imide groups is 1. The molecule has 3 aromatic rings. The van der Waals surface area contributed by atoms with Gasteiger partial charge in [0.1, 0.15) is 12.4 Å². The summed E-state index contributed by atoms with van der Waals surface area (Å²) in [5.74, 6) is -0.755. The summed E-state index contributed by atoms with van der Waals surface area (Å²) in [5.41, 5.74) is 1.73. The third-order valence-corrected chi connectivity index (χ3v) is 7.46. The van der Waals surface area contributed by atoms with Crippen LogP contribution in [0.2, 0.25) is 25.1 Å². The van der Waals surface area contributed by atoms with Gasteiger partial charge in [-0.15, -0.1) is 0 Å². The number of thioether (sulfide) groups is 1. The minimum absolute atomic E-state index is 0.0792.